The number of benzene rings is 1. The van der Waals surface area contributed by atoms with Crippen molar-refractivity contribution in [2.24, 2.45) is 0 Å². The Morgan fingerprint density at radius 2 is 2.24 bits per heavy atom. The number of anilines is 1. The first-order valence-corrected chi connectivity index (χ1v) is 7.20. The average molecular weight is 304 g/mol. The van der Waals surface area contributed by atoms with Crippen molar-refractivity contribution in [2.45, 2.75) is 26.4 Å². The minimum atomic E-state index is 0.303. The normalized spacial score (nSPS) is 10.5. The minimum Gasteiger partial charge on any atom is -0.497 e. The number of rotatable bonds is 5. The van der Waals surface area contributed by atoms with Crippen LogP contribution < -0.4 is 15.4 Å². The molecule has 0 aliphatic rings. The molecule has 0 aliphatic heterocycles. The maximum absolute atomic E-state index is 5.22. The van der Waals surface area contributed by atoms with E-state index < -0.39 is 0 Å². The smallest absolute Gasteiger partial charge is 0.171 e. The number of nitrogens with one attached hydrogen (secondary N) is 2. The van der Waals surface area contributed by atoms with E-state index in [-0.39, 0.29) is 0 Å². The third-order valence-corrected chi connectivity index (χ3v) is 3.01. The fourth-order valence-corrected chi connectivity index (χ4v) is 2.26. The number of aromatic nitrogens is 2. The minimum absolute atomic E-state index is 0.303. The Morgan fingerprint density at radius 3 is 2.95 bits per heavy atom. The van der Waals surface area contributed by atoms with Crippen LogP contribution in [0.25, 0.3) is 0 Å². The van der Waals surface area contributed by atoms with Crippen molar-refractivity contribution in [3.8, 4) is 5.75 Å². The standard InChI is InChI=1S/C15H20N4OS/c1-11(2)17-15(21)18-13-8-16-19(10-13)9-12-5-4-6-14(7-12)20-3/h4-8,10-11H,9H2,1-3H3,(H2,17,18,21). The van der Waals surface area contributed by atoms with E-state index >= 15 is 0 Å². The lowest BCUT2D eigenvalue weighted by Crippen LogP contribution is -2.33. The van der Waals surface area contributed by atoms with E-state index in [1.165, 1.54) is 0 Å². The van der Waals surface area contributed by atoms with Gasteiger partial charge in [-0.15, -0.1) is 0 Å². The first-order chi connectivity index (χ1) is 10.1. The van der Waals surface area contributed by atoms with Crippen molar-refractivity contribution in [1.29, 1.82) is 0 Å². The summed E-state index contributed by atoms with van der Waals surface area (Å²) in [6.07, 6.45) is 3.68. The quantitative estimate of drug-likeness (QED) is 0.832. The van der Waals surface area contributed by atoms with Crippen molar-refractivity contribution >= 4 is 23.0 Å². The fourth-order valence-electron chi connectivity index (χ4n) is 1.90. The van der Waals surface area contributed by atoms with Crippen molar-refractivity contribution < 1.29 is 4.74 Å². The van der Waals surface area contributed by atoms with Crippen LogP contribution >= 0.6 is 12.2 Å². The second kappa shape index (κ2) is 7.08. The molecule has 1 heterocycles. The van der Waals surface area contributed by atoms with Gasteiger partial charge in [-0.25, -0.2) is 0 Å². The van der Waals surface area contributed by atoms with E-state index in [0.717, 1.165) is 17.0 Å². The predicted molar refractivity (Wildman–Crippen MR) is 88.8 cm³/mol. The third-order valence-electron chi connectivity index (χ3n) is 2.79. The Bertz CT molecular complexity index is 609. The largest absolute Gasteiger partial charge is 0.497 e. The maximum atomic E-state index is 5.22. The molecule has 0 saturated heterocycles. The van der Waals surface area contributed by atoms with Crippen molar-refractivity contribution in [1.82, 2.24) is 15.1 Å². The van der Waals surface area contributed by atoms with E-state index in [1.807, 2.05) is 49.0 Å². The third kappa shape index (κ3) is 4.75. The molecule has 1 aromatic carbocycles. The summed E-state index contributed by atoms with van der Waals surface area (Å²) in [6, 6.07) is 8.24. The lowest BCUT2D eigenvalue weighted by Gasteiger charge is -2.11. The molecule has 2 aromatic rings. The Morgan fingerprint density at radius 1 is 1.43 bits per heavy atom. The van der Waals surface area contributed by atoms with E-state index in [2.05, 4.69) is 15.7 Å². The van der Waals surface area contributed by atoms with Gasteiger partial charge >= 0.3 is 0 Å². The molecule has 21 heavy (non-hydrogen) atoms. The second-order valence-corrected chi connectivity index (χ2v) is 5.44. The fraction of sp³-hybridized carbons (Fsp3) is 0.333. The van der Waals surface area contributed by atoms with Gasteiger partial charge in [0, 0.05) is 12.2 Å². The van der Waals surface area contributed by atoms with Gasteiger partial charge in [-0.1, -0.05) is 12.1 Å². The van der Waals surface area contributed by atoms with Crippen LogP contribution in [0.2, 0.25) is 0 Å². The van der Waals surface area contributed by atoms with Crippen molar-refractivity contribution in [3.63, 3.8) is 0 Å². The van der Waals surface area contributed by atoms with Gasteiger partial charge in [0.25, 0.3) is 0 Å². The van der Waals surface area contributed by atoms with Crippen LogP contribution in [0.1, 0.15) is 19.4 Å². The summed E-state index contributed by atoms with van der Waals surface area (Å²) in [5.74, 6) is 0.848. The molecule has 6 heteroatoms. The van der Waals surface area contributed by atoms with Gasteiger partial charge in [-0.3, -0.25) is 4.68 Å². The van der Waals surface area contributed by atoms with Crippen LogP contribution in [-0.4, -0.2) is 28.0 Å². The number of hydrogen-bond donors (Lipinski definition) is 2. The zero-order valence-electron chi connectivity index (χ0n) is 12.5. The summed E-state index contributed by atoms with van der Waals surface area (Å²) in [7, 11) is 1.66. The van der Waals surface area contributed by atoms with Crippen molar-refractivity contribution in [2.75, 3.05) is 12.4 Å². The molecule has 0 atom stereocenters. The molecule has 2 rings (SSSR count). The molecule has 0 aliphatic carbocycles. The van der Waals surface area contributed by atoms with Gasteiger partial charge < -0.3 is 15.4 Å². The number of hydrogen-bond acceptors (Lipinski definition) is 3. The zero-order chi connectivity index (χ0) is 15.2. The highest BCUT2D eigenvalue weighted by Gasteiger charge is 2.03. The van der Waals surface area contributed by atoms with Gasteiger partial charge in [0.2, 0.25) is 0 Å². The maximum Gasteiger partial charge on any atom is 0.171 e. The Hall–Kier alpha value is -2.08. The summed E-state index contributed by atoms with van der Waals surface area (Å²) in [5.41, 5.74) is 2.00. The van der Waals surface area contributed by atoms with Crippen molar-refractivity contribution in [3.05, 3.63) is 42.2 Å². The monoisotopic (exact) mass is 304 g/mol. The van der Waals surface area contributed by atoms with Crippen LogP contribution in [0.4, 0.5) is 5.69 Å². The number of methoxy groups -OCH3 is 1. The highest BCUT2D eigenvalue weighted by molar-refractivity contribution is 7.80. The van der Waals surface area contributed by atoms with E-state index in [0.29, 0.717) is 17.7 Å². The molecule has 5 nitrogen and oxygen atoms in total. The highest BCUT2D eigenvalue weighted by atomic mass is 32.1. The Kier molecular flexibility index (Phi) is 5.16. The van der Waals surface area contributed by atoms with Gasteiger partial charge in [-0.2, -0.15) is 5.10 Å². The summed E-state index contributed by atoms with van der Waals surface area (Å²) in [6.45, 7) is 4.77. The van der Waals surface area contributed by atoms with E-state index in [9.17, 15) is 0 Å². The first kappa shape index (κ1) is 15.3. The second-order valence-electron chi connectivity index (χ2n) is 5.03. The summed E-state index contributed by atoms with van der Waals surface area (Å²) in [5, 5.41) is 11.2. The molecule has 0 amide bonds. The average Bonchev–Trinajstić information content (AvgIpc) is 2.85. The van der Waals surface area contributed by atoms with Crippen LogP contribution in [0.3, 0.4) is 0 Å². The van der Waals surface area contributed by atoms with Crippen LogP contribution in [0, 0.1) is 0 Å². The topological polar surface area (TPSA) is 51.1 Å². The molecule has 0 unspecified atom stereocenters. The molecule has 0 bridgehead atoms. The Balaban J connectivity index is 1.98. The molecule has 0 saturated carbocycles. The lowest BCUT2D eigenvalue weighted by molar-refractivity contribution is 0.414. The van der Waals surface area contributed by atoms with E-state index in [1.54, 1.807) is 13.3 Å². The molecule has 1 aromatic heterocycles. The molecule has 0 spiro atoms. The van der Waals surface area contributed by atoms with E-state index in [4.69, 9.17) is 17.0 Å². The molecule has 0 fully saturated rings. The molecular weight excluding hydrogens is 284 g/mol. The lowest BCUT2D eigenvalue weighted by atomic mass is 10.2. The van der Waals surface area contributed by atoms with Gasteiger partial charge in [0.05, 0.1) is 25.5 Å². The molecule has 0 radical (unpaired) electrons. The number of ether oxygens (including phenoxy) is 1. The summed E-state index contributed by atoms with van der Waals surface area (Å²) < 4.78 is 7.08. The Labute approximate surface area is 130 Å². The molecule has 2 N–H and O–H groups in total. The molecular formula is C15H20N4OS. The van der Waals surface area contributed by atoms with Crippen LogP contribution in [-0.2, 0) is 6.54 Å². The van der Waals surface area contributed by atoms with Gasteiger partial charge in [-0.05, 0) is 43.8 Å². The van der Waals surface area contributed by atoms with Gasteiger partial charge in [0.15, 0.2) is 5.11 Å². The summed E-state index contributed by atoms with van der Waals surface area (Å²) >= 11 is 5.21. The van der Waals surface area contributed by atoms with Crippen LogP contribution in [0.15, 0.2) is 36.7 Å². The van der Waals surface area contributed by atoms with Gasteiger partial charge in [0.1, 0.15) is 5.75 Å². The summed E-state index contributed by atoms with van der Waals surface area (Å²) in [4.78, 5) is 0. The number of thiocarbonyl (C=S) groups is 1. The molecule has 112 valence electrons. The SMILES string of the molecule is COc1cccc(Cn2cc(NC(=S)NC(C)C)cn2)c1. The number of nitrogens with zero attached hydrogens (tertiary/aromatic N) is 2. The van der Waals surface area contributed by atoms with Crippen LogP contribution in [0.5, 0.6) is 5.75 Å². The first-order valence-electron chi connectivity index (χ1n) is 6.79. The highest BCUT2D eigenvalue weighted by Crippen LogP contribution is 2.14. The predicted octanol–water partition coefficient (Wildman–Crippen LogP) is 2.63. The zero-order valence-corrected chi connectivity index (χ0v) is 13.3.